The molecule has 0 heterocycles. The zero-order valence-electron chi connectivity index (χ0n) is 16.0. The first-order chi connectivity index (χ1) is 12.1. The Morgan fingerprint density at radius 1 is 0.640 bits per heavy atom. The standard InChI is InChI=1S/C10H18O3.C10H18O2/c1-5-11-7-9(3)13-8-10(4)12-6-2;1-3-11-9-7-5-6-8-10-12-4-2/h5-6,9-10H,1-2,7-8H2,3-4H3;3-4H,1-2,5-10H2. The van der Waals surface area contributed by atoms with Gasteiger partial charge >= 0.3 is 0 Å². The molecular weight excluding hydrogens is 320 g/mol. The van der Waals surface area contributed by atoms with Gasteiger partial charge in [-0.2, -0.15) is 0 Å². The fourth-order valence-corrected chi connectivity index (χ4v) is 1.65. The van der Waals surface area contributed by atoms with Crippen molar-refractivity contribution >= 4 is 0 Å². The Kier molecular flexibility index (Phi) is 22.4. The first-order valence-corrected chi connectivity index (χ1v) is 8.67. The summed E-state index contributed by atoms with van der Waals surface area (Å²) in [6.07, 6.45) is 10.4. The maximum Gasteiger partial charge on any atom is 0.118 e. The van der Waals surface area contributed by atoms with Crippen LogP contribution in [-0.4, -0.2) is 38.6 Å². The molecule has 0 aromatic heterocycles. The van der Waals surface area contributed by atoms with Gasteiger partial charge in [-0.25, -0.2) is 0 Å². The molecule has 2 atom stereocenters. The number of hydrogen-bond acceptors (Lipinski definition) is 5. The van der Waals surface area contributed by atoms with E-state index in [0.717, 1.165) is 26.1 Å². The van der Waals surface area contributed by atoms with Crippen LogP contribution < -0.4 is 0 Å². The molecule has 0 aromatic rings. The van der Waals surface area contributed by atoms with Gasteiger partial charge in [-0.3, -0.25) is 0 Å². The Bertz CT molecular complexity index is 303. The van der Waals surface area contributed by atoms with Gasteiger partial charge in [0.1, 0.15) is 12.7 Å². The normalized spacial score (nSPS) is 11.8. The van der Waals surface area contributed by atoms with E-state index in [2.05, 4.69) is 26.3 Å². The molecule has 0 aliphatic heterocycles. The summed E-state index contributed by atoms with van der Waals surface area (Å²) in [5.74, 6) is 0. The SMILES string of the molecule is C=COCC(C)OCC(C)OC=C.C=COCCCCCCOC=C. The lowest BCUT2D eigenvalue weighted by molar-refractivity contribution is -0.0242. The van der Waals surface area contributed by atoms with Crippen LogP contribution in [-0.2, 0) is 23.7 Å². The molecule has 0 N–H and O–H groups in total. The average molecular weight is 357 g/mol. The summed E-state index contributed by atoms with van der Waals surface area (Å²) >= 11 is 0. The third-order valence-electron chi connectivity index (χ3n) is 2.90. The van der Waals surface area contributed by atoms with Gasteiger partial charge in [0, 0.05) is 0 Å². The molecule has 146 valence electrons. The van der Waals surface area contributed by atoms with Crippen molar-refractivity contribution in [2.24, 2.45) is 0 Å². The monoisotopic (exact) mass is 356 g/mol. The second-order valence-electron chi connectivity index (χ2n) is 5.25. The predicted octanol–water partition coefficient (Wildman–Crippen LogP) is 4.97. The van der Waals surface area contributed by atoms with Crippen molar-refractivity contribution in [1.29, 1.82) is 0 Å². The molecule has 5 nitrogen and oxygen atoms in total. The summed E-state index contributed by atoms with van der Waals surface area (Å²) in [4.78, 5) is 0. The number of ether oxygens (including phenoxy) is 5. The minimum atomic E-state index is 0.0312. The van der Waals surface area contributed by atoms with Crippen LogP contribution >= 0.6 is 0 Å². The second-order valence-corrected chi connectivity index (χ2v) is 5.25. The molecule has 0 amide bonds. The van der Waals surface area contributed by atoms with E-state index in [1.165, 1.54) is 37.9 Å². The van der Waals surface area contributed by atoms with E-state index in [1.807, 2.05) is 13.8 Å². The van der Waals surface area contributed by atoms with Gasteiger partial charge in [0.15, 0.2) is 0 Å². The second kappa shape index (κ2) is 22.1. The maximum absolute atomic E-state index is 5.41. The Hall–Kier alpha value is -1.88. The minimum absolute atomic E-state index is 0.0312. The first-order valence-electron chi connectivity index (χ1n) is 8.67. The largest absolute Gasteiger partial charge is 0.502 e. The van der Waals surface area contributed by atoms with Crippen molar-refractivity contribution < 1.29 is 23.7 Å². The predicted molar refractivity (Wildman–Crippen MR) is 103 cm³/mol. The Balaban J connectivity index is 0. The Labute approximate surface area is 153 Å². The molecule has 0 saturated heterocycles. The summed E-state index contributed by atoms with van der Waals surface area (Å²) < 4.78 is 25.4. The molecule has 25 heavy (non-hydrogen) atoms. The highest BCUT2D eigenvalue weighted by molar-refractivity contribution is 4.59. The fraction of sp³-hybridized carbons (Fsp3) is 0.600. The minimum Gasteiger partial charge on any atom is -0.502 e. The summed E-state index contributed by atoms with van der Waals surface area (Å²) in [5, 5.41) is 0. The van der Waals surface area contributed by atoms with E-state index in [4.69, 9.17) is 23.7 Å². The van der Waals surface area contributed by atoms with Crippen LogP contribution in [0.4, 0.5) is 0 Å². The first kappa shape index (κ1) is 25.4. The molecule has 0 bridgehead atoms. The fourth-order valence-electron chi connectivity index (χ4n) is 1.65. The lowest BCUT2D eigenvalue weighted by Crippen LogP contribution is -2.21. The van der Waals surface area contributed by atoms with Crippen LogP contribution in [0.15, 0.2) is 51.4 Å². The highest BCUT2D eigenvalue weighted by Gasteiger charge is 2.05. The van der Waals surface area contributed by atoms with E-state index < -0.39 is 0 Å². The number of rotatable bonds is 17. The van der Waals surface area contributed by atoms with Crippen LogP contribution in [0, 0.1) is 0 Å². The molecule has 2 unspecified atom stereocenters. The number of hydrogen-bond donors (Lipinski definition) is 0. The van der Waals surface area contributed by atoms with E-state index in [1.54, 1.807) is 0 Å². The summed E-state index contributed by atoms with van der Waals surface area (Å²) in [5.41, 5.74) is 0. The maximum atomic E-state index is 5.41. The molecule has 0 spiro atoms. The van der Waals surface area contributed by atoms with Gasteiger partial charge in [-0.05, 0) is 39.5 Å². The number of unbranched alkanes of at least 4 members (excludes halogenated alkanes) is 3. The van der Waals surface area contributed by atoms with Crippen LogP contribution in [0.1, 0.15) is 39.5 Å². The van der Waals surface area contributed by atoms with E-state index in [0.29, 0.717) is 13.2 Å². The summed E-state index contributed by atoms with van der Waals surface area (Å²) in [7, 11) is 0. The Morgan fingerprint density at radius 2 is 1.16 bits per heavy atom. The van der Waals surface area contributed by atoms with E-state index >= 15 is 0 Å². The topological polar surface area (TPSA) is 46.2 Å². The van der Waals surface area contributed by atoms with Gasteiger partial charge in [-0.1, -0.05) is 26.3 Å². The quantitative estimate of drug-likeness (QED) is 0.272. The molecule has 0 radical (unpaired) electrons. The molecule has 0 fully saturated rings. The van der Waals surface area contributed by atoms with Crippen LogP contribution in [0.5, 0.6) is 0 Å². The van der Waals surface area contributed by atoms with E-state index in [9.17, 15) is 0 Å². The highest BCUT2D eigenvalue weighted by Crippen LogP contribution is 2.00. The Morgan fingerprint density at radius 3 is 1.60 bits per heavy atom. The average Bonchev–Trinajstić information content (AvgIpc) is 2.61. The van der Waals surface area contributed by atoms with Crippen LogP contribution in [0.2, 0.25) is 0 Å². The summed E-state index contributed by atoms with van der Waals surface area (Å²) in [6.45, 7) is 20.3. The van der Waals surface area contributed by atoms with Crippen molar-refractivity contribution in [3.63, 3.8) is 0 Å². The molecule has 0 saturated carbocycles. The van der Waals surface area contributed by atoms with Crippen molar-refractivity contribution in [3.05, 3.63) is 51.4 Å². The molecule has 0 rings (SSSR count). The van der Waals surface area contributed by atoms with Crippen LogP contribution in [0.3, 0.4) is 0 Å². The van der Waals surface area contributed by atoms with Crippen molar-refractivity contribution in [2.75, 3.05) is 26.4 Å². The van der Waals surface area contributed by atoms with Gasteiger partial charge < -0.3 is 23.7 Å². The molecule has 0 aromatic carbocycles. The molecule has 0 aliphatic carbocycles. The highest BCUT2D eigenvalue weighted by atomic mass is 16.6. The molecule has 5 heteroatoms. The third kappa shape index (κ3) is 24.5. The van der Waals surface area contributed by atoms with E-state index in [-0.39, 0.29) is 12.2 Å². The zero-order chi connectivity index (χ0) is 19.2. The van der Waals surface area contributed by atoms with Gasteiger partial charge in [-0.15, -0.1) is 0 Å². The van der Waals surface area contributed by atoms with Gasteiger partial charge in [0.25, 0.3) is 0 Å². The zero-order valence-corrected chi connectivity index (χ0v) is 16.0. The van der Waals surface area contributed by atoms with Crippen molar-refractivity contribution in [2.45, 2.75) is 51.7 Å². The lowest BCUT2D eigenvalue weighted by Gasteiger charge is -2.16. The van der Waals surface area contributed by atoms with Crippen molar-refractivity contribution in [1.82, 2.24) is 0 Å². The van der Waals surface area contributed by atoms with Gasteiger partial charge in [0.05, 0.1) is 51.0 Å². The summed E-state index contributed by atoms with van der Waals surface area (Å²) in [6, 6.07) is 0. The lowest BCUT2D eigenvalue weighted by atomic mass is 10.2. The molecular formula is C20H36O5. The smallest absolute Gasteiger partial charge is 0.118 e. The third-order valence-corrected chi connectivity index (χ3v) is 2.90. The van der Waals surface area contributed by atoms with Crippen molar-refractivity contribution in [3.8, 4) is 0 Å². The van der Waals surface area contributed by atoms with Crippen LogP contribution in [0.25, 0.3) is 0 Å². The molecule has 0 aliphatic rings. The van der Waals surface area contributed by atoms with Gasteiger partial charge in [0.2, 0.25) is 0 Å².